The lowest BCUT2D eigenvalue weighted by Gasteiger charge is -2.12. The number of carbonyl (C=O) groups is 2. The van der Waals surface area contributed by atoms with Gasteiger partial charge in [-0.05, 0) is 36.4 Å². The van der Waals surface area contributed by atoms with Crippen LogP contribution in [0.1, 0.15) is 0 Å². The van der Waals surface area contributed by atoms with Crippen LogP contribution in [0.15, 0.2) is 64.8 Å². The van der Waals surface area contributed by atoms with Crippen molar-refractivity contribution < 1.29 is 19.8 Å². The van der Waals surface area contributed by atoms with Gasteiger partial charge in [0.25, 0.3) is 0 Å². The van der Waals surface area contributed by atoms with Crippen LogP contribution in [0.5, 0.6) is 0 Å². The first-order valence-electron chi connectivity index (χ1n) is 5.91. The molecule has 0 aliphatic rings. The Balaban J connectivity index is 2.17. The highest BCUT2D eigenvalue weighted by Gasteiger charge is 2.21. The monoisotopic (exact) mass is 285 g/mol. The first-order valence-corrected chi connectivity index (χ1v) is 5.91. The highest BCUT2D eigenvalue weighted by Crippen LogP contribution is 2.22. The van der Waals surface area contributed by atoms with E-state index < -0.39 is 12.2 Å². The number of nitrogens with zero attached hydrogens (tertiary/aromatic N) is 3. The Labute approximate surface area is 119 Å². The smallest absolute Gasteiger partial charge is 0.421 e. The van der Waals surface area contributed by atoms with Crippen LogP contribution in [-0.2, 0) is 0 Å². The molecule has 2 aromatic carbocycles. The van der Waals surface area contributed by atoms with Crippen LogP contribution in [0.25, 0.3) is 0 Å². The summed E-state index contributed by atoms with van der Waals surface area (Å²) < 4.78 is 0. The van der Waals surface area contributed by atoms with E-state index in [1.165, 1.54) is 24.3 Å². The summed E-state index contributed by atoms with van der Waals surface area (Å²) in [5.41, 5.74) is 1.19. The van der Waals surface area contributed by atoms with Crippen molar-refractivity contribution in [2.45, 2.75) is 0 Å². The van der Waals surface area contributed by atoms with Crippen LogP contribution < -0.4 is 4.90 Å². The van der Waals surface area contributed by atoms with E-state index in [1.54, 1.807) is 12.1 Å². The molecule has 0 aliphatic carbocycles. The quantitative estimate of drug-likeness (QED) is 0.822. The average molecular weight is 285 g/mol. The molecule has 0 aromatic heterocycles. The zero-order valence-electron chi connectivity index (χ0n) is 10.7. The standard InChI is InChI=1S/C14H11N3O4/c18-13(19)17(14(20)21)12-8-6-11(7-9-12)16-15-10-4-2-1-3-5-10/h1-9H,(H,18,19)(H,20,21)/b16-15+. The summed E-state index contributed by atoms with van der Waals surface area (Å²) in [7, 11) is 0. The van der Waals surface area contributed by atoms with Crippen LogP contribution in [0.2, 0.25) is 0 Å². The second kappa shape index (κ2) is 6.29. The van der Waals surface area contributed by atoms with Crippen LogP contribution in [0.3, 0.4) is 0 Å². The van der Waals surface area contributed by atoms with E-state index in [9.17, 15) is 9.59 Å². The van der Waals surface area contributed by atoms with Crippen LogP contribution in [-0.4, -0.2) is 22.4 Å². The highest BCUT2D eigenvalue weighted by molar-refractivity contribution is 6.07. The Morgan fingerprint density at radius 2 is 1.24 bits per heavy atom. The highest BCUT2D eigenvalue weighted by atomic mass is 16.4. The van der Waals surface area contributed by atoms with Gasteiger partial charge in [-0.15, -0.1) is 0 Å². The molecule has 21 heavy (non-hydrogen) atoms. The molecule has 2 amide bonds. The van der Waals surface area contributed by atoms with Gasteiger partial charge in [-0.3, -0.25) is 0 Å². The number of amides is 2. The van der Waals surface area contributed by atoms with E-state index in [0.29, 0.717) is 11.4 Å². The number of hydrogen-bond donors (Lipinski definition) is 2. The summed E-state index contributed by atoms with van der Waals surface area (Å²) in [5.74, 6) is 0. The predicted octanol–water partition coefficient (Wildman–Crippen LogP) is 4.26. The van der Waals surface area contributed by atoms with Gasteiger partial charge in [-0.1, -0.05) is 18.2 Å². The second-order valence-electron chi connectivity index (χ2n) is 3.95. The molecular weight excluding hydrogens is 274 g/mol. The summed E-state index contributed by atoms with van der Waals surface area (Å²) in [6.45, 7) is 0. The molecule has 0 bridgehead atoms. The van der Waals surface area contributed by atoms with Gasteiger partial charge in [0.1, 0.15) is 0 Å². The van der Waals surface area contributed by atoms with Crippen molar-refractivity contribution in [1.29, 1.82) is 0 Å². The molecular formula is C14H11N3O4. The minimum atomic E-state index is -1.57. The molecule has 7 nitrogen and oxygen atoms in total. The number of azo groups is 1. The summed E-state index contributed by atoms with van der Waals surface area (Å²) in [6.07, 6.45) is -3.14. The van der Waals surface area contributed by atoms with Gasteiger partial charge in [0, 0.05) is 0 Å². The topological polar surface area (TPSA) is 103 Å². The van der Waals surface area contributed by atoms with Gasteiger partial charge >= 0.3 is 12.2 Å². The van der Waals surface area contributed by atoms with Crippen molar-refractivity contribution >= 4 is 29.2 Å². The zero-order valence-corrected chi connectivity index (χ0v) is 10.7. The third kappa shape index (κ3) is 3.63. The van der Waals surface area contributed by atoms with E-state index in [4.69, 9.17) is 10.2 Å². The van der Waals surface area contributed by atoms with E-state index >= 15 is 0 Å². The van der Waals surface area contributed by atoms with E-state index in [-0.39, 0.29) is 10.6 Å². The fourth-order valence-corrected chi connectivity index (χ4v) is 1.58. The molecule has 0 fully saturated rings. The maximum absolute atomic E-state index is 10.8. The van der Waals surface area contributed by atoms with Crippen LogP contribution in [0.4, 0.5) is 26.7 Å². The van der Waals surface area contributed by atoms with Crippen molar-refractivity contribution in [3.63, 3.8) is 0 Å². The molecule has 106 valence electrons. The lowest BCUT2D eigenvalue weighted by molar-refractivity contribution is 0.184. The third-order valence-electron chi connectivity index (χ3n) is 2.53. The molecule has 0 unspecified atom stereocenters. The molecule has 0 spiro atoms. The van der Waals surface area contributed by atoms with Gasteiger partial charge < -0.3 is 10.2 Å². The number of hydrogen-bond acceptors (Lipinski definition) is 4. The average Bonchev–Trinajstić information content (AvgIpc) is 2.47. The Kier molecular flexibility index (Phi) is 4.25. The normalized spacial score (nSPS) is 10.5. The van der Waals surface area contributed by atoms with Crippen molar-refractivity contribution in [2.75, 3.05) is 4.90 Å². The summed E-state index contributed by atoms with van der Waals surface area (Å²) in [4.78, 5) is 21.9. The molecule has 0 saturated carbocycles. The SMILES string of the molecule is O=C(O)N(C(=O)O)c1ccc(/N=N/c2ccccc2)cc1. The van der Waals surface area contributed by atoms with Gasteiger partial charge in [0.15, 0.2) is 0 Å². The summed E-state index contributed by atoms with van der Waals surface area (Å²) in [6, 6.07) is 14.8. The zero-order chi connectivity index (χ0) is 15.2. The van der Waals surface area contributed by atoms with Crippen molar-refractivity contribution in [3.8, 4) is 0 Å². The number of anilines is 1. The van der Waals surface area contributed by atoms with Gasteiger partial charge in [-0.2, -0.15) is 15.1 Å². The fraction of sp³-hybridized carbons (Fsp3) is 0. The molecule has 0 heterocycles. The Bertz CT molecular complexity index is 654. The number of imide groups is 1. The van der Waals surface area contributed by atoms with Crippen LogP contribution >= 0.6 is 0 Å². The lowest BCUT2D eigenvalue weighted by Crippen LogP contribution is -2.34. The predicted molar refractivity (Wildman–Crippen MR) is 75.6 cm³/mol. The Hall–Kier alpha value is -3.22. The Morgan fingerprint density at radius 3 is 1.71 bits per heavy atom. The minimum absolute atomic E-state index is 0.0219. The molecule has 2 rings (SSSR count). The first kappa shape index (κ1) is 14.2. The number of carboxylic acid groups (broad SMARTS) is 2. The van der Waals surface area contributed by atoms with E-state index in [2.05, 4.69) is 10.2 Å². The largest absolute Gasteiger partial charge is 0.464 e. The molecule has 2 N–H and O–H groups in total. The van der Waals surface area contributed by atoms with Gasteiger partial charge in [0.05, 0.1) is 17.1 Å². The number of benzene rings is 2. The third-order valence-corrected chi connectivity index (χ3v) is 2.53. The molecule has 7 heteroatoms. The van der Waals surface area contributed by atoms with E-state index in [0.717, 1.165) is 0 Å². The maximum Gasteiger partial charge on any atom is 0.421 e. The molecule has 2 aromatic rings. The molecule has 0 saturated heterocycles. The fourth-order valence-electron chi connectivity index (χ4n) is 1.58. The van der Waals surface area contributed by atoms with Crippen molar-refractivity contribution in [1.82, 2.24) is 0 Å². The summed E-state index contributed by atoms with van der Waals surface area (Å²) >= 11 is 0. The molecule has 0 atom stereocenters. The molecule has 0 radical (unpaired) electrons. The lowest BCUT2D eigenvalue weighted by atomic mass is 10.2. The number of rotatable bonds is 3. The van der Waals surface area contributed by atoms with Gasteiger partial charge in [-0.25, -0.2) is 9.59 Å². The van der Waals surface area contributed by atoms with Crippen molar-refractivity contribution in [3.05, 3.63) is 54.6 Å². The van der Waals surface area contributed by atoms with Gasteiger partial charge in [0.2, 0.25) is 0 Å². The van der Waals surface area contributed by atoms with Crippen LogP contribution in [0, 0.1) is 0 Å². The molecule has 0 aliphatic heterocycles. The minimum Gasteiger partial charge on any atom is -0.464 e. The van der Waals surface area contributed by atoms with E-state index in [1.807, 2.05) is 18.2 Å². The maximum atomic E-state index is 10.8. The first-order chi connectivity index (χ1) is 10.1. The summed E-state index contributed by atoms with van der Waals surface area (Å²) in [5, 5.41) is 25.6. The second-order valence-corrected chi connectivity index (χ2v) is 3.95. The van der Waals surface area contributed by atoms with Crippen molar-refractivity contribution in [2.24, 2.45) is 10.2 Å². The Morgan fingerprint density at radius 1 is 0.762 bits per heavy atom.